The topological polar surface area (TPSA) is 107 Å². The first-order valence-electron chi connectivity index (χ1n) is 12.6. The van der Waals surface area contributed by atoms with Gasteiger partial charge in [0.1, 0.15) is 16.7 Å². The van der Waals surface area contributed by atoms with Gasteiger partial charge in [0.15, 0.2) is 5.13 Å². The number of hydrogen-bond acceptors (Lipinski definition) is 8. The van der Waals surface area contributed by atoms with Gasteiger partial charge in [0, 0.05) is 49.1 Å². The fourth-order valence-corrected chi connectivity index (χ4v) is 5.60. The Hall–Kier alpha value is -3.76. The van der Waals surface area contributed by atoms with Gasteiger partial charge in [-0.25, -0.2) is 9.97 Å². The van der Waals surface area contributed by atoms with Crippen LogP contribution in [0.3, 0.4) is 0 Å². The zero-order chi connectivity index (χ0) is 27.5. The Morgan fingerprint density at radius 1 is 1.13 bits per heavy atom. The number of halogens is 1. The number of aromatic nitrogens is 3. The number of thiazole rings is 1. The molecule has 2 amide bonds. The number of fused-ring (bicyclic) bond motifs is 1. The van der Waals surface area contributed by atoms with Crippen molar-refractivity contribution in [1.82, 2.24) is 19.9 Å². The standard InChI is InChI=1S/C28H28ClN5O4S/c1-16-10-20(21-12-26(29)31-14-24(21)37-3)22(13-30-16)27(36)33-28-32-23-11-19(4-5-25(23)39-28)38-15-18-6-8-34(9-7-18)17(2)35/h4-5,10-14,18H,6-9,15H2,1-3H3,(H,32,33,36). The Bertz CT molecular complexity index is 1530. The van der Waals surface area contributed by atoms with Gasteiger partial charge in [-0.05, 0) is 49.9 Å². The summed E-state index contributed by atoms with van der Waals surface area (Å²) in [7, 11) is 1.54. The maximum atomic E-state index is 13.4. The molecule has 1 N–H and O–H groups in total. The molecule has 39 heavy (non-hydrogen) atoms. The summed E-state index contributed by atoms with van der Waals surface area (Å²) in [5.41, 5.74) is 3.12. The number of carbonyl (C=O) groups is 2. The van der Waals surface area contributed by atoms with Crippen molar-refractivity contribution in [3.8, 4) is 22.6 Å². The molecule has 0 bridgehead atoms. The van der Waals surface area contributed by atoms with E-state index >= 15 is 0 Å². The van der Waals surface area contributed by atoms with Crippen LogP contribution in [0.1, 0.15) is 35.8 Å². The summed E-state index contributed by atoms with van der Waals surface area (Å²) in [6.45, 7) is 5.61. The summed E-state index contributed by atoms with van der Waals surface area (Å²) in [5, 5.41) is 3.67. The molecule has 0 spiro atoms. The average molecular weight is 566 g/mol. The van der Waals surface area contributed by atoms with Crippen molar-refractivity contribution >= 4 is 50.1 Å². The molecular formula is C28H28ClN5O4S. The van der Waals surface area contributed by atoms with E-state index in [0.717, 1.165) is 47.6 Å². The highest BCUT2D eigenvalue weighted by Crippen LogP contribution is 2.35. The van der Waals surface area contributed by atoms with Gasteiger partial charge >= 0.3 is 0 Å². The number of pyridine rings is 2. The number of ether oxygens (including phenoxy) is 2. The molecule has 0 unspecified atom stereocenters. The Kier molecular flexibility index (Phi) is 7.94. The van der Waals surface area contributed by atoms with E-state index in [0.29, 0.717) is 40.1 Å². The molecule has 0 radical (unpaired) electrons. The highest BCUT2D eigenvalue weighted by atomic mass is 35.5. The molecule has 9 nitrogen and oxygen atoms in total. The highest BCUT2D eigenvalue weighted by molar-refractivity contribution is 7.22. The lowest BCUT2D eigenvalue weighted by atomic mass is 9.98. The number of methoxy groups -OCH3 is 1. The van der Waals surface area contributed by atoms with Crippen LogP contribution in [-0.2, 0) is 4.79 Å². The zero-order valence-corrected chi connectivity index (χ0v) is 23.4. The molecule has 202 valence electrons. The number of carbonyl (C=O) groups excluding carboxylic acids is 2. The van der Waals surface area contributed by atoms with Crippen molar-refractivity contribution in [2.75, 3.05) is 32.1 Å². The van der Waals surface area contributed by atoms with E-state index in [1.165, 1.54) is 23.7 Å². The average Bonchev–Trinajstić information content (AvgIpc) is 3.33. The van der Waals surface area contributed by atoms with Gasteiger partial charge in [-0.3, -0.25) is 19.9 Å². The largest absolute Gasteiger partial charge is 0.494 e. The van der Waals surface area contributed by atoms with Crippen molar-refractivity contribution in [1.29, 1.82) is 0 Å². The Morgan fingerprint density at radius 3 is 2.67 bits per heavy atom. The zero-order valence-electron chi connectivity index (χ0n) is 21.9. The fraction of sp³-hybridized carbons (Fsp3) is 0.321. The number of anilines is 1. The van der Waals surface area contributed by atoms with E-state index < -0.39 is 0 Å². The summed E-state index contributed by atoms with van der Waals surface area (Å²) in [6.07, 6.45) is 4.93. The molecule has 0 aliphatic carbocycles. The fourth-order valence-electron chi connectivity index (χ4n) is 4.60. The molecule has 1 aromatic carbocycles. The van der Waals surface area contributed by atoms with Crippen molar-refractivity contribution < 1.29 is 19.1 Å². The van der Waals surface area contributed by atoms with Crippen LogP contribution >= 0.6 is 22.9 Å². The molecule has 4 aromatic rings. The quantitative estimate of drug-likeness (QED) is 0.290. The first-order valence-corrected chi connectivity index (χ1v) is 13.8. The van der Waals surface area contributed by atoms with Crippen molar-refractivity contribution in [2.24, 2.45) is 5.92 Å². The predicted molar refractivity (Wildman–Crippen MR) is 152 cm³/mol. The van der Waals surface area contributed by atoms with Gasteiger partial charge in [0.25, 0.3) is 5.91 Å². The van der Waals surface area contributed by atoms with Crippen LogP contribution in [0.15, 0.2) is 42.7 Å². The van der Waals surface area contributed by atoms with Crippen LogP contribution in [0.4, 0.5) is 5.13 Å². The molecule has 0 atom stereocenters. The minimum Gasteiger partial charge on any atom is -0.494 e. The number of nitrogens with one attached hydrogen (secondary N) is 1. The smallest absolute Gasteiger partial charge is 0.259 e. The molecule has 1 saturated heterocycles. The number of piperidine rings is 1. The van der Waals surface area contributed by atoms with Crippen LogP contribution < -0.4 is 14.8 Å². The van der Waals surface area contributed by atoms with Crippen LogP contribution in [0.2, 0.25) is 5.15 Å². The summed E-state index contributed by atoms with van der Waals surface area (Å²) < 4.78 is 12.4. The Morgan fingerprint density at radius 2 is 1.92 bits per heavy atom. The molecule has 4 heterocycles. The van der Waals surface area contributed by atoms with Gasteiger partial charge in [-0.2, -0.15) is 0 Å². The third kappa shape index (κ3) is 6.12. The van der Waals surface area contributed by atoms with Crippen molar-refractivity contribution in [3.05, 3.63) is 59.1 Å². The summed E-state index contributed by atoms with van der Waals surface area (Å²) in [4.78, 5) is 39.8. The first kappa shape index (κ1) is 26.8. The van der Waals surface area contributed by atoms with Gasteiger partial charge in [0.05, 0.1) is 35.7 Å². The summed E-state index contributed by atoms with van der Waals surface area (Å²) >= 11 is 7.53. The third-order valence-electron chi connectivity index (χ3n) is 6.75. The van der Waals surface area contributed by atoms with E-state index in [1.807, 2.05) is 36.1 Å². The summed E-state index contributed by atoms with van der Waals surface area (Å²) in [5.74, 6) is 1.41. The molecular weight excluding hydrogens is 538 g/mol. The monoisotopic (exact) mass is 565 g/mol. The second kappa shape index (κ2) is 11.5. The predicted octanol–water partition coefficient (Wildman–Crippen LogP) is 5.61. The lowest BCUT2D eigenvalue weighted by Crippen LogP contribution is -2.38. The van der Waals surface area contributed by atoms with Crippen molar-refractivity contribution in [2.45, 2.75) is 26.7 Å². The molecule has 1 aliphatic heterocycles. The Labute approximate surface area is 235 Å². The Balaban J connectivity index is 1.30. The van der Waals surface area contributed by atoms with E-state index in [9.17, 15) is 9.59 Å². The SMILES string of the molecule is COc1cnc(Cl)cc1-c1cc(C)ncc1C(=O)Nc1nc2cc(OCC3CCN(C(C)=O)CC3)ccc2s1. The molecule has 5 rings (SSSR count). The normalized spacial score (nSPS) is 13.9. The van der Waals surface area contributed by atoms with Crippen LogP contribution in [0, 0.1) is 12.8 Å². The molecule has 3 aromatic heterocycles. The van der Waals surface area contributed by atoms with Crippen LogP contribution in [0.5, 0.6) is 11.5 Å². The highest BCUT2D eigenvalue weighted by Gasteiger charge is 2.22. The van der Waals surface area contributed by atoms with E-state index in [1.54, 1.807) is 20.1 Å². The molecule has 11 heteroatoms. The first-order chi connectivity index (χ1) is 18.8. The van der Waals surface area contributed by atoms with E-state index in [4.69, 9.17) is 21.1 Å². The summed E-state index contributed by atoms with van der Waals surface area (Å²) in [6, 6.07) is 9.22. The number of benzene rings is 1. The maximum absolute atomic E-state index is 13.4. The van der Waals surface area contributed by atoms with Gasteiger partial charge in [-0.15, -0.1) is 0 Å². The maximum Gasteiger partial charge on any atom is 0.259 e. The molecule has 1 aliphatic rings. The number of aryl methyl sites for hydroxylation is 1. The number of rotatable bonds is 7. The van der Waals surface area contributed by atoms with E-state index in [2.05, 4.69) is 20.3 Å². The minimum atomic E-state index is -0.347. The lowest BCUT2D eigenvalue weighted by Gasteiger charge is -2.31. The number of likely N-dealkylation sites (tertiary alicyclic amines) is 1. The van der Waals surface area contributed by atoms with Gasteiger partial charge in [-0.1, -0.05) is 22.9 Å². The van der Waals surface area contributed by atoms with Crippen LogP contribution in [-0.4, -0.2) is 58.5 Å². The minimum absolute atomic E-state index is 0.127. The van der Waals surface area contributed by atoms with Gasteiger partial charge in [0.2, 0.25) is 5.91 Å². The van der Waals surface area contributed by atoms with Gasteiger partial charge < -0.3 is 14.4 Å². The van der Waals surface area contributed by atoms with E-state index in [-0.39, 0.29) is 17.0 Å². The number of hydrogen-bond donors (Lipinski definition) is 1. The van der Waals surface area contributed by atoms with Crippen molar-refractivity contribution in [3.63, 3.8) is 0 Å². The number of nitrogens with zero attached hydrogens (tertiary/aromatic N) is 4. The number of amides is 2. The molecule has 0 saturated carbocycles. The lowest BCUT2D eigenvalue weighted by molar-refractivity contribution is -0.130. The second-order valence-corrected chi connectivity index (χ2v) is 10.9. The second-order valence-electron chi connectivity index (χ2n) is 9.44. The molecule has 1 fully saturated rings. The third-order valence-corrected chi connectivity index (χ3v) is 7.91. The van der Waals surface area contributed by atoms with Crippen LogP contribution in [0.25, 0.3) is 21.3 Å².